The number of hydrogen-bond acceptors (Lipinski definition) is 3. The number of carbonyl (C=O) groups excluding carboxylic acids is 2. The SMILES string of the molecule is CC(C)NC(=O)COC(=O)c1ccc(C(C)C)cc1C(C)C. The quantitative estimate of drug-likeness (QED) is 0.817. The van der Waals surface area contributed by atoms with E-state index in [9.17, 15) is 9.59 Å². The van der Waals surface area contributed by atoms with Gasteiger partial charge in [0.2, 0.25) is 0 Å². The molecule has 0 aliphatic heterocycles. The largest absolute Gasteiger partial charge is 0.452 e. The molecule has 0 atom stereocenters. The van der Waals surface area contributed by atoms with E-state index in [2.05, 4.69) is 25.2 Å². The first-order valence-corrected chi connectivity index (χ1v) is 7.82. The molecule has 0 unspecified atom stereocenters. The highest BCUT2D eigenvalue weighted by Gasteiger charge is 2.17. The molecule has 1 amide bonds. The second kappa shape index (κ2) is 7.97. The van der Waals surface area contributed by atoms with Crippen LogP contribution in [0.3, 0.4) is 0 Å². The van der Waals surface area contributed by atoms with E-state index in [0.717, 1.165) is 5.56 Å². The fraction of sp³-hybridized carbons (Fsp3) is 0.556. The fourth-order valence-corrected chi connectivity index (χ4v) is 2.18. The van der Waals surface area contributed by atoms with Crippen LogP contribution in [0.15, 0.2) is 18.2 Å². The molecule has 0 saturated heterocycles. The Hall–Kier alpha value is -1.84. The Morgan fingerprint density at radius 3 is 2.18 bits per heavy atom. The normalized spacial score (nSPS) is 11.1. The maximum Gasteiger partial charge on any atom is 0.338 e. The number of carbonyl (C=O) groups is 2. The minimum Gasteiger partial charge on any atom is -0.452 e. The number of ether oxygens (including phenoxy) is 1. The van der Waals surface area contributed by atoms with Gasteiger partial charge in [-0.3, -0.25) is 4.79 Å². The molecule has 0 aromatic heterocycles. The van der Waals surface area contributed by atoms with Crippen molar-refractivity contribution in [2.45, 2.75) is 59.4 Å². The first-order valence-electron chi connectivity index (χ1n) is 7.82. The molecule has 0 fully saturated rings. The smallest absolute Gasteiger partial charge is 0.338 e. The molecular formula is C18H27NO3. The van der Waals surface area contributed by atoms with Crippen molar-refractivity contribution in [3.63, 3.8) is 0 Å². The summed E-state index contributed by atoms with van der Waals surface area (Å²) in [5.41, 5.74) is 2.69. The van der Waals surface area contributed by atoms with Crippen LogP contribution in [0.5, 0.6) is 0 Å². The van der Waals surface area contributed by atoms with Gasteiger partial charge in [0.1, 0.15) is 0 Å². The summed E-state index contributed by atoms with van der Waals surface area (Å²) in [5, 5.41) is 2.69. The fourth-order valence-electron chi connectivity index (χ4n) is 2.18. The summed E-state index contributed by atoms with van der Waals surface area (Å²) in [7, 11) is 0. The molecule has 0 radical (unpaired) electrons. The maximum atomic E-state index is 12.2. The summed E-state index contributed by atoms with van der Waals surface area (Å²) in [4.78, 5) is 23.8. The van der Waals surface area contributed by atoms with Gasteiger partial charge in [-0.25, -0.2) is 4.79 Å². The van der Waals surface area contributed by atoms with Crippen LogP contribution in [0.2, 0.25) is 0 Å². The molecule has 1 aromatic rings. The molecule has 122 valence electrons. The average Bonchev–Trinajstić information content (AvgIpc) is 2.43. The molecule has 1 N–H and O–H groups in total. The first-order chi connectivity index (χ1) is 10.2. The highest BCUT2D eigenvalue weighted by molar-refractivity contribution is 5.93. The van der Waals surface area contributed by atoms with E-state index in [-0.39, 0.29) is 24.5 Å². The average molecular weight is 305 g/mol. The Balaban J connectivity index is 2.86. The number of benzene rings is 1. The molecule has 1 aromatic carbocycles. The van der Waals surface area contributed by atoms with Crippen LogP contribution in [0.25, 0.3) is 0 Å². The number of nitrogens with one attached hydrogen (secondary N) is 1. The van der Waals surface area contributed by atoms with E-state index >= 15 is 0 Å². The third kappa shape index (κ3) is 5.17. The van der Waals surface area contributed by atoms with Crippen LogP contribution in [0, 0.1) is 0 Å². The summed E-state index contributed by atoms with van der Waals surface area (Å²) in [6.45, 7) is 11.8. The highest BCUT2D eigenvalue weighted by atomic mass is 16.5. The topological polar surface area (TPSA) is 55.4 Å². The lowest BCUT2D eigenvalue weighted by Gasteiger charge is -2.16. The van der Waals surface area contributed by atoms with Crippen molar-refractivity contribution in [3.05, 3.63) is 34.9 Å². The van der Waals surface area contributed by atoms with Crippen LogP contribution in [0.4, 0.5) is 0 Å². The van der Waals surface area contributed by atoms with E-state index in [4.69, 9.17) is 4.74 Å². The van der Waals surface area contributed by atoms with Gasteiger partial charge in [-0.05, 0) is 42.9 Å². The molecule has 0 aliphatic carbocycles. The van der Waals surface area contributed by atoms with Gasteiger partial charge in [0.05, 0.1) is 5.56 Å². The van der Waals surface area contributed by atoms with Crippen molar-refractivity contribution in [2.24, 2.45) is 0 Å². The van der Waals surface area contributed by atoms with Crippen molar-refractivity contribution in [1.29, 1.82) is 0 Å². The molecule has 0 bridgehead atoms. The van der Waals surface area contributed by atoms with Crippen LogP contribution in [-0.4, -0.2) is 24.5 Å². The number of esters is 1. The summed E-state index contributed by atoms with van der Waals surface area (Å²) >= 11 is 0. The molecule has 1 rings (SSSR count). The molecule has 0 heterocycles. The zero-order valence-corrected chi connectivity index (χ0v) is 14.4. The van der Waals surface area contributed by atoms with Crippen LogP contribution in [0.1, 0.15) is 74.9 Å². The second-order valence-corrected chi connectivity index (χ2v) is 6.45. The van der Waals surface area contributed by atoms with Gasteiger partial charge < -0.3 is 10.1 Å². The molecule has 22 heavy (non-hydrogen) atoms. The lowest BCUT2D eigenvalue weighted by molar-refractivity contribution is -0.124. The third-order valence-corrected chi connectivity index (χ3v) is 3.37. The first kappa shape index (κ1) is 18.2. The standard InChI is InChI=1S/C18H27NO3/c1-11(2)14-7-8-15(16(9-14)12(3)4)18(21)22-10-17(20)19-13(5)6/h7-9,11-13H,10H2,1-6H3,(H,19,20). The van der Waals surface area contributed by atoms with Gasteiger partial charge in [0, 0.05) is 6.04 Å². The Morgan fingerprint density at radius 1 is 1.05 bits per heavy atom. The zero-order valence-electron chi connectivity index (χ0n) is 14.4. The van der Waals surface area contributed by atoms with E-state index in [1.54, 1.807) is 6.07 Å². The zero-order chi connectivity index (χ0) is 16.9. The predicted molar refractivity (Wildman–Crippen MR) is 88.2 cm³/mol. The molecule has 4 heteroatoms. The van der Waals surface area contributed by atoms with Crippen LogP contribution >= 0.6 is 0 Å². The van der Waals surface area contributed by atoms with Gasteiger partial charge in [-0.2, -0.15) is 0 Å². The maximum absolute atomic E-state index is 12.2. The van der Waals surface area contributed by atoms with Gasteiger partial charge in [-0.15, -0.1) is 0 Å². The highest BCUT2D eigenvalue weighted by Crippen LogP contribution is 2.25. The van der Waals surface area contributed by atoms with E-state index < -0.39 is 5.97 Å². The van der Waals surface area contributed by atoms with Crippen molar-refractivity contribution < 1.29 is 14.3 Å². The van der Waals surface area contributed by atoms with Crippen LogP contribution in [-0.2, 0) is 9.53 Å². The summed E-state index contributed by atoms with van der Waals surface area (Å²) < 4.78 is 5.13. The van der Waals surface area contributed by atoms with Gasteiger partial charge in [0.25, 0.3) is 5.91 Å². The summed E-state index contributed by atoms with van der Waals surface area (Å²) in [6.07, 6.45) is 0. The number of amides is 1. The Kier molecular flexibility index (Phi) is 6.60. The lowest BCUT2D eigenvalue weighted by Crippen LogP contribution is -2.34. The molecular weight excluding hydrogens is 278 g/mol. The monoisotopic (exact) mass is 305 g/mol. The van der Waals surface area contributed by atoms with Crippen molar-refractivity contribution in [1.82, 2.24) is 5.32 Å². The van der Waals surface area contributed by atoms with Gasteiger partial charge in [-0.1, -0.05) is 39.8 Å². The number of rotatable bonds is 6. The lowest BCUT2D eigenvalue weighted by atomic mass is 9.91. The Labute approximate surface area is 133 Å². The summed E-state index contributed by atoms with van der Waals surface area (Å²) in [5.74, 6) is -0.115. The Morgan fingerprint density at radius 2 is 1.68 bits per heavy atom. The molecule has 0 saturated carbocycles. The minimum absolute atomic E-state index is 0.0303. The van der Waals surface area contributed by atoms with Crippen LogP contribution < -0.4 is 5.32 Å². The van der Waals surface area contributed by atoms with E-state index in [1.807, 2.05) is 33.8 Å². The third-order valence-electron chi connectivity index (χ3n) is 3.37. The predicted octanol–water partition coefficient (Wildman–Crippen LogP) is 3.61. The second-order valence-electron chi connectivity index (χ2n) is 6.45. The van der Waals surface area contributed by atoms with Crippen molar-refractivity contribution in [2.75, 3.05) is 6.61 Å². The van der Waals surface area contributed by atoms with E-state index in [1.165, 1.54) is 5.56 Å². The van der Waals surface area contributed by atoms with E-state index in [0.29, 0.717) is 11.5 Å². The summed E-state index contributed by atoms with van der Waals surface area (Å²) in [6, 6.07) is 5.83. The Bertz CT molecular complexity index is 533. The van der Waals surface area contributed by atoms with Gasteiger partial charge in [0.15, 0.2) is 6.61 Å². The van der Waals surface area contributed by atoms with Gasteiger partial charge >= 0.3 is 5.97 Å². The van der Waals surface area contributed by atoms with Crippen molar-refractivity contribution in [3.8, 4) is 0 Å². The molecule has 4 nitrogen and oxygen atoms in total. The minimum atomic E-state index is -0.446. The molecule has 0 spiro atoms. The molecule has 0 aliphatic rings. The number of hydrogen-bond donors (Lipinski definition) is 1. The van der Waals surface area contributed by atoms with Crippen molar-refractivity contribution >= 4 is 11.9 Å².